The molecule has 0 fully saturated rings. The molecule has 1 rings (SSSR count). The minimum atomic E-state index is 0.103. The molecule has 0 spiro atoms. The van der Waals surface area contributed by atoms with Gasteiger partial charge in [-0.1, -0.05) is 12.1 Å². The number of carbonyl (C=O) groups excluding carboxylic acids is 1. The lowest BCUT2D eigenvalue weighted by Crippen LogP contribution is -2.34. The number of nitrogens with zero attached hydrogens (tertiary/aromatic N) is 2. The Balaban J connectivity index is 2.51. The Morgan fingerprint density at radius 1 is 1.31 bits per heavy atom. The van der Waals surface area contributed by atoms with E-state index in [4.69, 9.17) is 5.73 Å². The average Bonchev–Trinajstić information content (AvgIpc) is 2.16. The van der Waals surface area contributed by atoms with Gasteiger partial charge in [0.15, 0.2) is 0 Å². The summed E-state index contributed by atoms with van der Waals surface area (Å²) in [5, 5.41) is 0. The Labute approximate surface area is 96.6 Å². The highest BCUT2D eigenvalue weighted by molar-refractivity contribution is 5.77. The molecule has 0 bridgehead atoms. The van der Waals surface area contributed by atoms with Crippen LogP contribution in [-0.4, -0.2) is 43.4 Å². The lowest BCUT2D eigenvalue weighted by atomic mass is 10.2. The van der Waals surface area contributed by atoms with Gasteiger partial charge in [0.25, 0.3) is 0 Å². The molecule has 1 aromatic carbocycles. The molecule has 0 aliphatic rings. The van der Waals surface area contributed by atoms with Crippen LogP contribution in [0, 0.1) is 0 Å². The highest BCUT2D eigenvalue weighted by Gasteiger charge is 2.08. The Morgan fingerprint density at radius 3 is 2.56 bits per heavy atom. The number of carbonyl (C=O) groups is 1. The molecule has 0 unspecified atom stereocenters. The lowest BCUT2D eigenvalue weighted by Gasteiger charge is -2.19. The zero-order valence-electron chi connectivity index (χ0n) is 10.1. The van der Waals surface area contributed by atoms with E-state index in [9.17, 15) is 4.79 Å². The fourth-order valence-corrected chi connectivity index (χ4v) is 1.43. The van der Waals surface area contributed by atoms with Crippen molar-refractivity contribution in [1.82, 2.24) is 9.80 Å². The molecule has 4 heteroatoms. The molecule has 1 amide bonds. The van der Waals surface area contributed by atoms with Crippen molar-refractivity contribution in [3.63, 3.8) is 0 Å². The standard InChI is InChI=1S/C12H19N3O/c1-14(2)12(16)9-15(3)8-10-5-4-6-11(13)7-10/h4-7H,8-9,13H2,1-3H3. The van der Waals surface area contributed by atoms with Crippen LogP contribution in [0.15, 0.2) is 24.3 Å². The molecule has 0 saturated heterocycles. The van der Waals surface area contributed by atoms with Gasteiger partial charge >= 0.3 is 0 Å². The van der Waals surface area contributed by atoms with Crippen molar-refractivity contribution in [2.45, 2.75) is 6.54 Å². The van der Waals surface area contributed by atoms with Gasteiger partial charge in [-0.3, -0.25) is 9.69 Å². The van der Waals surface area contributed by atoms with E-state index in [1.165, 1.54) is 0 Å². The number of hydrogen-bond acceptors (Lipinski definition) is 3. The maximum Gasteiger partial charge on any atom is 0.236 e. The van der Waals surface area contributed by atoms with E-state index in [1.807, 2.05) is 36.2 Å². The van der Waals surface area contributed by atoms with Gasteiger partial charge in [-0.25, -0.2) is 0 Å². The van der Waals surface area contributed by atoms with E-state index >= 15 is 0 Å². The van der Waals surface area contributed by atoms with Crippen LogP contribution in [0.4, 0.5) is 5.69 Å². The van der Waals surface area contributed by atoms with E-state index in [1.54, 1.807) is 19.0 Å². The summed E-state index contributed by atoms with van der Waals surface area (Å²) in [5.41, 5.74) is 7.56. The molecule has 0 saturated carbocycles. The smallest absolute Gasteiger partial charge is 0.236 e. The summed E-state index contributed by atoms with van der Waals surface area (Å²) in [7, 11) is 5.44. The fraction of sp³-hybridized carbons (Fsp3) is 0.417. The summed E-state index contributed by atoms with van der Waals surface area (Å²) in [6, 6.07) is 7.71. The van der Waals surface area contributed by atoms with Crippen molar-refractivity contribution in [1.29, 1.82) is 0 Å². The second-order valence-corrected chi connectivity index (χ2v) is 4.21. The second-order valence-electron chi connectivity index (χ2n) is 4.21. The predicted octanol–water partition coefficient (Wildman–Crippen LogP) is 0.789. The second kappa shape index (κ2) is 5.51. The van der Waals surface area contributed by atoms with Crippen LogP contribution in [0.5, 0.6) is 0 Å². The third-order valence-corrected chi connectivity index (χ3v) is 2.31. The Kier molecular flexibility index (Phi) is 4.31. The Bertz CT molecular complexity index is 363. The number of benzene rings is 1. The number of nitrogen functional groups attached to an aromatic ring is 1. The van der Waals surface area contributed by atoms with Crippen LogP contribution in [-0.2, 0) is 11.3 Å². The quantitative estimate of drug-likeness (QED) is 0.765. The molecule has 0 heterocycles. The van der Waals surface area contributed by atoms with Gasteiger partial charge in [0.05, 0.1) is 6.54 Å². The summed E-state index contributed by atoms with van der Waals surface area (Å²) in [5.74, 6) is 0.103. The average molecular weight is 221 g/mol. The van der Waals surface area contributed by atoms with Gasteiger partial charge in [-0.2, -0.15) is 0 Å². The first-order valence-electron chi connectivity index (χ1n) is 5.22. The largest absolute Gasteiger partial charge is 0.399 e. The van der Waals surface area contributed by atoms with Crippen LogP contribution in [0.1, 0.15) is 5.56 Å². The summed E-state index contributed by atoms with van der Waals surface area (Å²) in [6.45, 7) is 1.15. The topological polar surface area (TPSA) is 49.6 Å². The van der Waals surface area contributed by atoms with E-state index in [0.717, 1.165) is 17.8 Å². The van der Waals surface area contributed by atoms with Crippen LogP contribution >= 0.6 is 0 Å². The van der Waals surface area contributed by atoms with E-state index < -0.39 is 0 Å². The highest BCUT2D eigenvalue weighted by atomic mass is 16.2. The molecule has 0 aromatic heterocycles. The number of rotatable bonds is 4. The van der Waals surface area contributed by atoms with Gasteiger partial charge in [0.2, 0.25) is 5.91 Å². The summed E-state index contributed by atoms with van der Waals surface area (Å²) >= 11 is 0. The van der Waals surface area contributed by atoms with Crippen molar-refractivity contribution in [3.8, 4) is 0 Å². The van der Waals surface area contributed by atoms with Crippen LogP contribution < -0.4 is 5.73 Å². The van der Waals surface area contributed by atoms with Crippen LogP contribution in [0.3, 0.4) is 0 Å². The van der Waals surface area contributed by atoms with Gasteiger partial charge in [0.1, 0.15) is 0 Å². The maximum absolute atomic E-state index is 11.5. The van der Waals surface area contributed by atoms with E-state index in [-0.39, 0.29) is 5.91 Å². The summed E-state index contributed by atoms with van der Waals surface area (Å²) in [6.07, 6.45) is 0. The third-order valence-electron chi connectivity index (χ3n) is 2.31. The molecule has 16 heavy (non-hydrogen) atoms. The molecule has 2 N–H and O–H groups in total. The fourth-order valence-electron chi connectivity index (χ4n) is 1.43. The van der Waals surface area contributed by atoms with Crippen molar-refractivity contribution in [2.24, 2.45) is 0 Å². The van der Waals surface area contributed by atoms with E-state index in [2.05, 4.69) is 0 Å². The zero-order valence-corrected chi connectivity index (χ0v) is 10.1. The minimum absolute atomic E-state index is 0.103. The molecular formula is C12H19N3O. The van der Waals surface area contributed by atoms with Crippen LogP contribution in [0.2, 0.25) is 0 Å². The first kappa shape index (κ1) is 12.5. The van der Waals surface area contributed by atoms with Gasteiger partial charge in [0, 0.05) is 26.3 Å². The Hall–Kier alpha value is -1.55. The van der Waals surface area contributed by atoms with Crippen molar-refractivity contribution in [3.05, 3.63) is 29.8 Å². The number of nitrogens with two attached hydrogens (primary N) is 1. The molecule has 0 atom stereocenters. The SMILES string of the molecule is CN(CC(=O)N(C)C)Cc1cccc(N)c1. The highest BCUT2D eigenvalue weighted by Crippen LogP contribution is 2.08. The summed E-state index contributed by atoms with van der Waals surface area (Å²) < 4.78 is 0. The first-order chi connectivity index (χ1) is 7.49. The number of hydrogen-bond donors (Lipinski definition) is 1. The van der Waals surface area contributed by atoms with Crippen molar-refractivity contribution >= 4 is 11.6 Å². The van der Waals surface area contributed by atoms with Crippen molar-refractivity contribution in [2.75, 3.05) is 33.4 Å². The van der Waals surface area contributed by atoms with Gasteiger partial charge in [-0.05, 0) is 24.7 Å². The summed E-state index contributed by atoms with van der Waals surface area (Å²) in [4.78, 5) is 15.0. The lowest BCUT2D eigenvalue weighted by molar-refractivity contribution is -0.129. The number of amides is 1. The molecule has 1 aromatic rings. The number of likely N-dealkylation sites (N-methyl/N-ethyl adjacent to an activating group) is 2. The first-order valence-corrected chi connectivity index (χ1v) is 5.22. The number of anilines is 1. The molecule has 0 radical (unpaired) electrons. The predicted molar refractivity (Wildman–Crippen MR) is 65.9 cm³/mol. The Morgan fingerprint density at radius 2 is 2.00 bits per heavy atom. The molecular weight excluding hydrogens is 202 g/mol. The molecule has 0 aliphatic heterocycles. The maximum atomic E-state index is 11.5. The minimum Gasteiger partial charge on any atom is -0.399 e. The molecule has 0 aliphatic carbocycles. The van der Waals surface area contributed by atoms with Crippen LogP contribution in [0.25, 0.3) is 0 Å². The van der Waals surface area contributed by atoms with Gasteiger partial charge in [-0.15, -0.1) is 0 Å². The third kappa shape index (κ3) is 3.90. The normalized spacial score (nSPS) is 10.5. The zero-order chi connectivity index (χ0) is 12.1. The van der Waals surface area contributed by atoms with Crippen molar-refractivity contribution < 1.29 is 4.79 Å². The van der Waals surface area contributed by atoms with E-state index in [0.29, 0.717) is 6.54 Å². The molecule has 88 valence electrons. The molecule has 4 nitrogen and oxygen atoms in total. The monoisotopic (exact) mass is 221 g/mol. The van der Waals surface area contributed by atoms with Gasteiger partial charge < -0.3 is 10.6 Å².